The van der Waals surface area contributed by atoms with Gasteiger partial charge >= 0.3 is 0 Å². The summed E-state index contributed by atoms with van der Waals surface area (Å²) in [4.78, 5) is 4.74. The number of rotatable bonds is 4. The Balaban J connectivity index is 1.85. The molecular formula is C19H17NO5. The molecule has 0 unspecified atom stereocenters. The maximum Gasteiger partial charge on any atom is 0.231 e. The van der Waals surface area contributed by atoms with Crippen LogP contribution in [0.2, 0.25) is 0 Å². The van der Waals surface area contributed by atoms with E-state index in [0.29, 0.717) is 23.0 Å². The maximum atomic E-state index is 5.44. The minimum atomic E-state index is 0.241. The van der Waals surface area contributed by atoms with Crippen molar-refractivity contribution in [3.8, 4) is 40.0 Å². The summed E-state index contributed by atoms with van der Waals surface area (Å²) >= 11 is 0. The van der Waals surface area contributed by atoms with Crippen LogP contribution in [-0.4, -0.2) is 33.1 Å². The first-order valence-electron chi connectivity index (χ1n) is 7.74. The van der Waals surface area contributed by atoms with Gasteiger partial charge in [0, 0.05) is 17.0 Å². The molecule has 0 radical (unpaired) electrons. The molecule has 0 amide bonds. The number of pyridine rings is 1. The van der Waals surface area contributed by atoms with Crippen LogP contribution in [0, 0.1) is 0 Å². The van der Waals surface area contributed by atoms with Gasteiger partial charge in [0.1, 0.15) is 0 Å². The molecule has 1 aromatic heterocycles. The van der Waals surface area contributed by atoms with Crippen molar-refractivity contribution >= 4 is 10.9 Å². The first-order valence-corrected chi connectivity index (χ1v) is 7.74. The summed E-state index contributed by atoms with van der Waals surface area (Å²) in [6.45, 7) is 0.241. The number of aromatic nitrogens is 1. The second-order valence-electron chi connectivity index (χ2n) is 5.51. The Morgan fingerprint density at radius 1 is 0.840 bits per heavy atom. The van der Waals surface area contributed by atoms with Gasteiger partial charge in [0.2, 0.25) is 12.5 Å². The highest BCUT2D eigenvalue weighted by atomic mass is 16.7. The summed E-state index contributed by atoms with van der Waals surface area (Å²) in [5.74, 6) is 3.18. The number of benzene rings is 2. The molecule has 0 bridgehead atoms. The molecule has 4 rings (SSSR count). The number of hydrogen-bond donors (Lipinski definition) is 0. The molecule has 0 saturated heterocycles. The van der Waals surface area contributed by atoms with Gasteiger partial charge in [0.25, 0.3) is 0 Å². The molecular weight excluding hydrogens is 322 g/mol. The normalized spacial score (nSPS) is 12.3. The minimum absolute atomic E-state index is 0.241. The quantitative estimate of drug-likeness (QED) is 0.723. The molecule has 1 aliphatic rings. The van der Waals surface area contributed by atoms with Gasteiger partial charge in [-0.25, -0.2) is 4.98 Å². The summed E-state index contributed by atoms with van der Waals surface area (Å²) in [6.07, 6.45) is 0. The van der Waals surface area contributed by atoms with E-state index in [4.69, 9.17) is 28.7 Å². The van der Waals surface area contributed by atoms with E-state index in [1.54, 1.807) is 21.3 Å². The standard InChI is InChI=1S/C19H17NO5/c1-21-17-7-12(8-18(22-2)19(17)23-3)13-5-4-11-6-15-16(25-10-24-15)9-14(11)20-13/h4-9H,10H2,1-3H3. The summed E-state index contributed by atoms with van der Waals surface area (Å²) < 4.78 is 27.1. The molecule has 3 aromatic rings. The van der Waals surface area contributed by atoms with Crippen LogP contribution in [0.1, 0.15) is 0 Å². The van der Waals surface area contributed by atoms with Gasteiger partial charge < -0.3 is 23.7 Å². The van der Waals surface area contributed by atoms with Crippen molar-refractivity contribution in [2.45, 2.75) is 0 Å². The average Bonchev–Trinajstić information content (AvgIpc) is 3.11. The molecule has 0 N–H and O–H groups in total. The Hall–Kier alpha value is -3.15. The highest BCUT2D eigenvalue weighted by molar-refractivity contribution is 5.85. The molecule has 2 heterocycles. The predicted molar refractivity (Wildman–Crippen MR) is 93.0 cm³/mol. The lowest BCUT2D eigenvalue weighted by Gasteiger charge is -2.14. The third-order valence-electron chi connectivity index (χ3n) is 4.14. The van der Waals surface area contributed by atoms with E-state index in [1.165, 1.54) is 0 Å². The Kier molecular flexibility index (Phi) is 3.72. The van der Waals surface area contributed by atoms with E-state index >= 15 is 0 Å². The molecule has 0 aliphatic carbocycles. The number of fused-ring (bicyclic) bond motifs is 2. The SMILES string of the molecule is COc1cc(-c2ccc3cc4c(cc3n2)OCO4)cc(OC)c1OC. The van der Waals surface area contributed by atoms with Crippen LogP contribution in [0.25, 0.3) is 22.2 Å². The smallest absolute Gasteiger partial charge is 0.231 e. The zero-order valence-electron chi connectivity index (χ0n) is 14.2. The van der Waals surface area contributed by atoms with E-state index in [1.807, 2.05) is 36.4 Å². The van der Waals surface area contributed by atoms with E-state index in [0.717, 1.165) is 27.9 Å². The largest absolute Gasteiger partial charge is 0.493 e. The van der Waals surface area contributed by atoms with Gasteiger partial charge in [-0.1, -0.05) is 6.07 Å². The summed E-state index contributed by atoms with van der Waals surface area (Å²) in [5.41, 5.74) is 2.50. The van der Waals surface area contributed by atoms with Gasteiger partial charge in [-0.2, -0.15) is 0 Å². The van der Waals surface area contributed by atoms with Crippen molar-refractivity contribution in [1.82, 2.24) is 4.98 Å². The van der Waals surface area contributed by atoms with Crippen LogP contribution >= 0.6 is 0 Å². The number of nitrogens with zero attached hydrogens (tertiary/aromatic N) is 1. The van der Waals surface area contributed by atoms with E-state index in [9.17, 15) is 0 Å². The monoisotopic (exact) mass is 339 g/mol. The Labute approximate surface area is 144 Å². The van der Waals surface area contributed by atoms with Crippen LogP contribution in [-0.2, 0) is 0 Å². The Bertz CT molecular complexity index is 929. The van der Waals surface area contributed by atoms with E-state index in [-0.39, 0.29) is 6.79 Å². The van der Waals surface area contributed by atoms with Crippen molar-refractivity contribution in [2.24, 2.45) is 0 Å². The van der Waals surface area contributed by atoms with E-state index < -0.39 is 0 Å². The molecule has 6 nitrogen and oxygen atoms in total. The molecule has 0 atom stereocenters. The average molecular weight is 339 g/mol. The third kappa shape index (κ3) is 2.55. The third-order valence-corrected chi connectivity index (χ3v) is 4.14. The highest BCUT2D eigenvalue weighted by Crippen LogP contribution is 2.41. The summed E-state index contributed by atoms with van der Waals surface area (Å²) in [7, 11) is 4.77. The van der Waals surface area contributed by atoms with Crippen molar-refractivity contribution in [2.75, 3.05) is 28.1 Å². The van der Waals surface area contributed by atoms with E-state index in [2.05, 4.69) is 0 Å². The number of methoxy groups -OCH3 is 3. The molecule has 2 aromatic carbocycles. The van der Waals surface area contributed by atoms with Crippen molar-refractivity contribution < 1.29 is 23.7 Å². The molecule has 0 saturated carbocycles. The lowest BCUT2D eigenvalue weighted by molar-refractivity contribution is 0.174. The summed E-state index contributed by atoms with van der Waals surface area (Å²) in [5, 5.41) is 0.987. The fraction of sp³-hybridized carbons (Fsp3) is 0.211. The predicted octanol–water partition coefficient (Wildman–Crippen LogP) is 3.66. The zero-order valence-corrected chi connectivity index (χ0v) is 14.2. The maximum absolute atomic E-state index is 5.44. The fourth-order valence-electron chi connectivity index (χ4n) is 2.90. The molecule has 0 fully saturated rings. The van der Waals surface area contributed by atoms with Crippen LogP contribution in [0.15, 0.2) is 36.4 Å². The van der Waals surface area contributed by atoms with Crippen molar-refractivity contribution in [3.05, 3.63) is 36.4 Å². The van der Waals surface area contributed by atoms with Gasteiger partial charge in [-0.05, 0) is 24.3 Å². The first-order chi connectivity index (χ1) is 12.2. The second kappa shape index (κ2) is 6.05. The molecule has 128 valence electrons. The Morgan fingerprint density at radius 3 is 2.16 bits per heavy atom. The van der Waals surface area contributed by atoms with Crippen LogP contribution in [0.3, 0.4) is 0 Å². The lowest BCUT2D eigenvalue weighted by atomic mass is 10.1. The zero-order chi connectivity index (χ0) is 17.4. The second-order valence-corrected chi connectivity index (χ2v) is 5.51. The highest BCUT2D eigenvalue weighted by Gasteiger charge is 2.17. The first kappa shape index (κ1) is 15.4. The van der Waals surface area contributed by atoms with Crippen molar-refractivity contribution in [1.29, 1.82) is 0 Å². The lowest BCUT2D eigenvalue weighted by Crippen LogP contribution is -1.96. The number of ether oxygens (including phenoxy) is 5. The molecule has 6 heteroatoms. The minimum Gasteiger partial charge on any atom is -0.493 e. The van der Waals surface area contributed by atoms with Crippen LogP contribution < -0.4 is 23.7 Å². The molecule has 0 spiro atoms. The topological polar surface area (TPSA) is 59.0 Å². The van der Waals surface area contributed by atoms with Gasteiger partial charge in [-0.3, -0.25) is 0 Å². The van der Waals surface area contributed by atoms with Gasteiger partial charge in [-0.15, -0.1) is 0 Å². The van der Waals surface area contributed by atoms with Crippen molar-refractivity contribution in [3.63, 3.8) is 0 Å². The van der Waals surface area contributed by atoms with Gasteiger partial charge in [0.05, 0.1) is 32.5 Å². The molecule has 1 aliphatic heterocycles. The Morgan fingerprint density at radius 2 is 1.52 bits per heavy atom. The summed E-state index contributed by atoms with van der Waals surface area (Å²) in [6, 6.07) is 11.5. The van der Waals surface area contributed by atoms with Crippen LogP contribution in [0.5, 0.6) is 28.7 Å². The molecule has 25 heavy (non-hydrogen) atoms. The number of hydrogen-bond acceptors (Lipinski definition) is 6. The fourth-order valence-corrected chi connectivity index (χ4v) is 2.90. The van der Waals surface area contributed by atoms with Gasteiger partial charge in [0.15, 0.2) is 23.0 Å². The van der Waals surface area contributed by atoms with Crippen LogP contribution in [0.4, 0.5) is 0 Å².